The molecule has 0 atom stereocenters. The van der Waals surface area contributed by atoms with Gasteiger partial charge in [0.1, 0.15) is 9.84 Å². The third-order valence-electron chi connectivity index (χ3n) is 4.17. The van der Waals surface area contributed by atoms with Crippen LogP contribution in [0.1, 0.15) is 23.2 Å². The van der Waals surface area contributed by atoms with Gasteiger partial charge < -0.3 is 11.1 Å². The van der Waals surface area contributed by atoms with Gasteiger partial charge in [0.15, 0.2) is 0 Å². The van der Waals surface area contributed by atoms with Gasteiger partial charge in [-0.25, -0.2) is 8.42 Å². The first-order valence-corrected chi connectivity index (χ1v) is 9.59. The number of nitrogens with one attached hydrogen (secondary N) is 1. The van der Waals surface area contributed by atoms with Crippen LogP contribution in [0.4, 0.5) is 5.69 Å². The summed E-state index contributed by atoms with van der Waals surface area (Å²) >= 11 is 0. The van der Waals surface area contributed by atoms with Crippen LogP contribution in [0.2, 0.25) is 0 Å². The largest absolute Gasteiger partial charge is 0.396 e. The average molecular weight is 345 g/mol. The third kappa shape index (κ3) is 3.56. The van der Waals surface area contributed by atoms with E-state index in [1.807, 2.05) is 30.3 Å². The number of sulfone groups is 1. The minimum absolute atomic E-state index is 0.110. The standard InChI is InChI=1S/C17H19N3O3S/c18-15-14(6-9-19-16(15)12-4-2-1-3-5-12)17(21)20-13-7-10-24(22,23)11-8-13/h1-6,9,13H,7-8,10-11,18H2,(H,20,21). The molecule has 6 nitrogen and oxygen atoms in total. The number of nitrogen functional groups attached to an aromatic ring is 1. The van der Waals surface area contributed by atoms with E-state index in [9.17, 15) is 13.2 Å². The number of aromatic nitrogens is 1. The summed E-state index contributed by atoms with van der Waals surface area (Å²) < 4.78 is 22.9. The zero-order chi connectivity index (χ0) is 17.2. The molecular formula is C17H19N3O3S. The Balaban J connectivity index is 1.79. The fourth-order valence-corrected chi connectivity index (χ4v) is 4.29. The first-order chi connectivity index (χ1) is 11.5. The normalized spacial score (nSPS) is 17.3. The third-order valence-corrected chi connectivity index (χ3v) is 5.89. The van der Waals surface area contributed by atoms with Gasteiger partial charge in [0, 0.05) is 17.8 Å². The SMILES string of the molecule is Nc1c(C(=O)NC2CCS(=O)(=O)CC2)ccnc1-c1ccccc1. The smallest absolute Gasteiger partial charge is 0.253 e. The van der Waals surface area contributed by atoms with Crippen molar-refractivity contribution in [1.82, 2.24) is 10.3 Å². The zero-order valence-corrected chi connectivity index (χ0v) is 13.9. The van der Waals surface area contributed by atoms with Crippen LogP contribution < -0.4 is 11.1 Å². The van der Waals surface area contributed by atoms with E-state index in [-0.39, 0.29) is 23.5 Å². The molecular weight excluding hydrogens is 326 g/mol. The Labute approximate surface area is 141 Å². The summed E-state index contributed by atoms with van der Waals surface area (Å²) in [5.41, 5.74) is 8.23. The highest BCUT2D eigenvalue weighted by Crippen LogP contribution is 2.26. The van der Waals surface area contributed by atoms with E-state index in [0.717, 1.165) is 5.56 Å². The van der Waals surface area contributed by atoms with Crippen LogP contribution in [0.15, 0.2) is 42.6 Å². The molecule has 1 aromatic heterocycles. The van der Waals surface area contributed by atoms with E-state index < -0.39 is 9.84 Å². The van der Waals surface area contributed by atoms with Gasteiger partial charge in [-0.3, -0.25) is 9.78 Å². The molecule has 1 amide bonds. The number of hydrogen-bond acceptors (Lipinski definition) is 5. The molecule has 0 radical (unpaired) electrons. The fourth-order valence-electron chi connectivity index (χ4n) is 2.79. The highest BCUT2D eigenvalue weighted by atomic mass is 32.2. The lowest BCUT2D eigenvalue weighted by Crippen LogP contribution is -2.41. The maximum Gasteiger partial charge on any atom is 0.253 e. The summed E-state index contributed by atoms with van der Waals surface area (Å²) in [7, 11) is -2.95. The maximum absolute atomic E-state index is 12.5. The van der Waals surface area contributed by atoms with Crippen LogP contribution in [0.3, 0.4) is 0 Å². The molecule has 0 aliphatic carbocycles. The molecule has 1 fully saturated rings. The summed E-state index contributed by atoms with van der Waals surface area (Å²) in [5, 5.41) is 2.88. The molecule has 0 bridgehead atoms. The van der Waals surface area contributed by atoms with Gasteiger partial charge in [-0.15, -0.1) is 0 Å². The number of pyridine rings is 1. The molecule has 3 rings (SSSR count). The molecule has 2 heterocycles. The minimum atomic E-state index is -2.95. The number of nitrogens with two attached hydrogens (primary N) is 1. The lowest BCUT2D eigenvalue weighted by atomic mass is 10.1. The van der Waals surface area contributed by atoms with Gasteiger partial charge >= 0.3 is 0 Å². The van der Waals surface area contributed by atoms with Gasteiger partial charge in [-0.2, -0.15) is 0 Å². The van der Waals surface area contributed by atoms with Crippen LogP contribution in [0.5, 0.6) is 0 Å². The van der Waals surface area contributed by atoms with Crippen molar-refractivity contribution in [3.63, 3.8) is 0 Å². The second kappa shape index (κ2) is 6.60. The van der Waals surface area contributed by atoms with Gasteiger partial charge in [0.2, 0.25) is 0 Å². The first kappa shape index (κ1) is 16.4. The Hall–Kier alpha value is -2.41. The van der Waals surface area contributed by atoms with Crippen molar-refractivity contribution in [3.8, 4) is 11.3 Å². The van der Waals surface area contributed by atoms with Crippen molar-refractivity contribution in [1.29, 1.82) is 0 Å². The lowest BCUT2D eigenvalue weighted by Gasteiger charge is -2.23. The topological polar surface area (TPSA) is 102 Å². The average Bonchev–Trinajstić information content (AvgIpc) is 2.58. The molecule has 1 aliphatic rings. The van der Waals surface area contributed by atoms with E-state index in [2.05, 4.69) is 10.3 Å². The Morgan fingerprint density at radius 1 is 1.12 bits per heavy atom. The molecule has 1 saturated heterocycles. The van der Waals surface area contributed by atoms with Crippen molar-refractivity contribution < 1.29 is 13.2 Å². The molecule has 2 aromatic rings. The minimum Gasteiger partial charge on any atom is -0.396 e. The highest BCUT2D eigenvalue weighted by Gasteiger charge is 2.25. The van der Waals surface area contributed by atoms with Gasteiger partial charge in [-0.05, 0) is 18.9 Å². The molecule has 3 N–H and O–H groups in total. The number of nitrogens with zero attached hydrogens (tertiary/aromatic N) is 1. The van der Waals surface area contributed by atoms with E-state index in [1.165, 1.54) is 0 Å². The van der Waals surface area contributed by atoms with Gasteiger partial charge in [0.25, 0.3) is 5.91 Å². The molecule has 7 heteroatoms. The lowest BCUT2D eigenvalue weighted by molar-refractivity contribution is 0.0935. The van der Waals surface area contributed by atoms with Gasteiger partial charge in [-0.1, -0.05) is 30.3 Å². The van der Waals surface area contributed by atoms with E-state index in [0.29, 0.717) is 29.8 Å². The van der Waals surface area contributed by atoms with E-state index >= 15 is 0 Å². The van der Waals surface area contributed by atoms with Crippen molar-refractivity contribution in [2.24, 2.45) is 0 Å². The predicted molar refractivity (Wildman–Crippen MR) is 93.2 cm³/mol. The molecule has 0 unspecified atom stereocenters. The first-order valence-electron chi connectivity index (χ1n) is 7.77. The number of anilines is 1. The van der Waals surface area contributed by atoms with Crippen molar-refractivity contribution in [2.45, 2.75) is 18.9 Å². The second-order valence-corrected chi connectivity index (χ2v) is 8.19. The van der Waals surface area contributed by atoms with Crippen LogP contribution in [-0.2, 0) is 9.84 Å². The van der Waals surface area contributed by atoms with Crippen LogP contribution in [0.25, 0.3) is 11.3 Å². The molecule has 1 aromatic carbocycles. The number of carbonyl (C=O) groups is 1. The summed E-state index contributed by atoms with van der Waals surface area (Å²) in [6.45, 7) is 0. The van der Waals surface area contributed by atoms with Crippen LogP contribution in [-0.4, -0.2) is 36.9 Å². The van der Waals surface area contributed by atoms with Crippen LogP contribution in [0, 0.1) is 0 Å². The van der Waals surface area contributed by atoms with Crippen molar-refractivity contribution >= 4 is 21.4 Å². The molecule has 0 spiro atoms. The highest BCUT2D eigenvalue weighted by molar-refractivity contribution is 7.91. The Morgan fingerprint density at radius 2 is 1.79 bits per heavy atom. The Bertz CT molecular complexity index is 837. The maximum atomic E-state index is 12.5. The monoisotopic (exact) mass is 345 g/mol. The molecule has 126 valence electrons. The zero-order valence-electron chi connectivity index (χ0n) is 13.1. The predicted octanol–water partition coefficient (Wildman–Crippen LogP) is 1.64. The van der Waals surface area contributed by atoms with E-state index in [1.54, 1.807) is 12.3 Å². The number of hydrogen-bond donors (Lipinski definition) is 2. The summed E-state index contributed by atoms with van der Waals surface area (Å²) in [6, 6.07) is 10.9. The van der Waals surface area contributed by atoms with Crippen molar-refractivity contribution in [3.05, 3.63) is 48.2 Å². The summed E-state index contributed by atoms with van der Waals surface area (Å²) in [6.07, 6.45) is 2.42. The number of amides is 1. The summed E-state index contributed by atoms with van der Waals surface area (Å²) in [4.78, 5) is 16.8. The molecule has 1 aliphatic heterocycles. The fraction of sp³-hybridized carbons (Fsp3) is 0.294. The number of rotatable bonds is 3. The van der Waals surface area contributed by atoms with Gasteiger partial charge in [0.05, 0.1) is 28.5 Å². The molecule has 24 heavy (non-hydrogen) atoms. The van der Waals surface area contributed by atoms with Crippen LogP contribution >= 0.6 is 0 Å². The number of benzene rings is 1. The second-order valence-electron chi connectivity index (χ2n) is 5.89. The Kier molecular flexibility index (Phi) is 4.53. The number of carbonyl (C=O) groups excluding carboxylic acids is 1. The Morgan fingerprint density at radius 3 is 2.46 bits per heavy atom. The summed E-state index contributed by atoms with van der Waals surface area (Å²) in [5.74, 6) is -0.0747. The quantitative estimate of drug-likeness (QED) is 0.880. The van der Waals surface area contributed by atoms with Crippen molar-refractivity contribution in [2.75, 3.05) is 17.2 Å². The molecule has 0 saturated carbocycles. The van der Waals surface area contributed by atoms with E-state index in [4.69, 9.17) is 5.73 Å².